The molecule has 0 atom stereocenters. The Morgan fingerprint density at radius 2 is 1.05 bits per heavy atom. The van der Waals surface area contributed by atoms with E-state index in [1.54, 1.807) is 0 Å². The van der Waals surface area contributed by atoms with Gasteiger partial charge in [-0.1, -0.05) is 127 Å². The van der Waals surface area contributed by atoms with Gasteiger partial charge in [0.15, 0.2) is 17.5 Å². The Bertz CT molecular complexity index is 2040. The highest BCUT2D eigenvalue weighted by Crippen LogP contribution is 2.36. The number of aromatic nitrogens is 3. The van der Waals surface area contributed by atoms with Gasteiger partial charge in [-0.25, -0.2) is 15.0 Å². The molecule has 202 valence electrons. The van der Waals surface area contributed by atoms with Crippen LogP contribution >= 0.6 is 0 Å². The van der Waals surface area contributed by atoms with Crippen molar-refractivity contribution in [2.75, 3.05) is 0 Å². The molecule has 4 heteroatoms. The van der Waals surface area contributed by atoms with Crippen LogP contribution in [0.3, 0.4) is 0 Å². The van der Waals surface area contributed by atoms with Gasteiger partial charge in [0.25, 0.3) is 0 Å². The molecule has 1 aliphatic rings. The number of rotatable bonds is 5. The quantitative estimate of drug-likeness (QED) is 0.214. The molecule has 43 heavy (non-hydrogen) atoms. The second kappa shape index (κ2) is 11.5. The summed E-state index contributed by atoms with van der Waals surface area (Å²) in [6, 6.07) is 43.6. The van der Waals surface area contributed by atoms with Crippen molar-refractivity contribution in [3.05, 3.63) is 157 Å². The minimum Gasteiger partial charge on any atom is -0.208 e. The third kappa shape index (κ3) is 5.28. The van der Waals surface area contributed by atoms with Crippen LogP contribution in [0.15, 0.2) is 151 Å². The Hall–Kier alpha value is -5.92. The fourth-order valence-electron chi connectivity index (χ4n) is 5.50. The van der Waals surface area contributed by atoms with Gasteiger partial charge in [0.05, 0.1) is 11.6 Å². The Morgan fingerprint density at radius 3 is 1.70 bits per heavy atom. The van der Waals surface area contributed by atoms with Gasteiger partial charge >= 0.3 is 0 Å². The first-order valence-electron chi connectivity index (χ1n) is 14.2. The summed E-state index contributed by atoms with van der Waals surface area (Å²) < 4.78 is 0. The van der Waals surface area contributed by atoms with Gasteiger partial charge in [-0.05, 0) is 57.7 Å². The fraction of sp³-hybridized carbons (Fsp3) is 0.0256. The molecule has 1 aromatic heterocycles. The summed E-state index contributed by atoms with van der Waals surface area (Å²) in [7, 11) is 0. The zero-order valence-electron chi connectivity index (χ0n) is 23.4. The molecule has 0 fully saturated rings. The maximum absolute atomic E-state index is 9.35. The lowest BCUT2D eigenvalue weighted by Gasteiger charge is -2.14. The van der Waals surface area contributed by atoms with Crippen LogP contribution in [-0.2, 0) is 0 Å². The highest BCUT2D eigenvalue weighted by atomic mass is 15.0. The van der Waals surface area contributed by atoms with E-state index in [-0.39, 0.29) is 0 Å². The highest BCUT2D eigenvalue weighted by Gasteiger charge is 2.15. The van der Waals surface area contributed by atoms with E-state index in [0.29, 0.717) is 23.0 Å². The van der Waals surface area contributed by atoms with Crippen LogP contribution in [0.4, 0.5) is 0 Å². The van der Waals surface area contributed by atoms with Crippen molar-refractivity contribution in [2.24, 2.45) is 0 Å². The minimum absolute atomic E-state index is 0.631. The molecule has 0 unspecified atom stereocenters. The van der Waals surface area contributed by atoms with E-state index in [1.165, 1.54) is 21.9 Å². The maximum Gasteiger partial charge on any atom is 0.164 e. The third-order valence-electron chi connectivity index (χ3n) is 7.63. The fourth-order valence-corrected chi connectivity index (χ4v) is 5.50. The Labute approximate surface area is 250 Å². The Balaban J connectivity index is 1.35. The number of hydrogen-bond acceptors (Lipinski definition) is 4. The van der Waals surface area contributed by atoms with Gasteiger partial charge in [0, 0.05) is 16.7 Å². The van der Waals surface area contributed by atoms with Gasteiger partial charge in [-0.2, -0.15) is 5.26 Å². The number of hydrogen-bond donors (Lipinski definition) is 0. The van der Waals surface area contributed by atoms with E-state index in [2.05, 4.69) is 78.9 Å². The summed E-state index contributed by atoms with van der Waals surface area (Å²) in [4.78, 5) is 14.7. The van der Waals surface area contributed by atoms with Crippen molar-refractivity contribution >= 4 is 16.3 Å². The lowest BCUT2D eigenvalue weighted by molar-refractivity contribution is 1.07. The molecular formula is C39H26N4. The molecular weight excluding hydrogens is 524 g/mol. The van der Waals surface area contributed by atoms with Crippen molar-refractivity contribution < 1.29 is 0 Å². The molecule has 0 N–H and O–H groups in total. The number of nitriles is 1. The number of fused-ring (bicyclic) bond motifs is 1. The molecule has 0 bridgehead atoms. The van der Waals surface area contributed by atoms with E-state index in [4.69, 9.17) is 15.0 Å². The largest absolute Gasteiger partial charge is 0.208 e. The van der Waals surface area contributed by atoms with Crippen LogP contribution in [0.5, 0.6) is 0 Å². The first-order chi connectivity index (χ1) is 21.3. The van der Waals surface area contributed by atoms with Crippen LogP contribution in [0.25, 0.3) is 61.6 Å². The molecule has 0 amide bonds. The monoisotopic (exact) mass is 550 g/mol. The van der Waals surface area contributed by atoms with Crippen LogP contribution in [0, 0.1) is 11.3 Å². The third-order valence-corrected chi connectivity index (χ3v) is 7.63. The highest BCUT2D eigenvalue weighted by molar-refractivity contribution is 6.03. The van der Waals surface area contributed by atoms with Crippen LogP contribution < -0.4 is 0 Å². The molecule has 0 saturated heterocycles. The van der Waals surface area contributed by atoms with E-state index >= 15 is 0 Å². The Morgan fingerprint density at radius 1 is 0.512 bits per heavy atom. The predicted molar refractivity (Wildman–Crippen MR) is 175 cm³/mol. The standard InChI is InChI=1S/C39H26N4/c40-26-27-11-9-16-28(22-21-27)33-23-24-34(36-20-8-7-19-35(33)36)31-17-10-18-32(25-31)39-42-37(29-12-3-1-4-13-29)41-38(43-39)30-14-5-2-6-15-30/h1-15,17-25H,16H2. The van der Waals surface area contributed by atoms with Crippen molar-refractivity contribution in [3.8, 4) is 51.4 Å². The maximum atomic E-state index is 9.35. The van der Waals surface area contributed by atoms with E-state index in [9.17, 15) is 5.26 Å². The van der Waals surface area contributed by atoms with E-state index in [1.807, 2.05) is 72.8 Å². The summed E-state index contributed by atoms with van der Waals surface area (Å²) >= 11 is 0. The summed E-state index contributed by atoms with van der Waals surface area (Å²) in [6.45, 7) is 0. The molecule has 4 nitrogen and oxygen atoms in total. The number of allylic oxidation sites excluding steroid dienone is 6. The second-order valence-electron chi connectivity index (χ2n) is 10.4. The first-order valence-corrected chi connectivity index (χ1v) is 14.2. The smallest absolute Gasteiger partial charge is 0.164 e. The summed E-state index contributed by atoms with van der Waals surface area (Å²) in [6.07, 6.45) is 8.68. The molecule has 0 spiro atoms. The van der Waals surface area contributed by atoms with Crippen molar-refractivity contribution in [1.29, 1.82) is 5.26 Å². The summed E-state index contributed by atoms with van der Waals surface area (Å²) in [5.41, 5.74) is 8.06. The lowest BCUT2D eigenvalue weighted by atomic mass is 9.90. The minimum atomic E-state index is 0.631. The molecule has 7 rings (SSSR count). The van der Waals surface area contributed by atoms with Crippen LogP contribution in [0.1, 0.15) is 12.0 Å². The topological polar surface area (TPSA) is 62.5 Å². The average Bonchev–Trinajstić information content (AvgIpc) is 3.34. The molecule has 5 aromatic carbocycles. The van der Waals surface area contributed by atoms with Gasteiger partial charge in [-0.15, -0.1) is 0 Å². The van der Waals surface area contributed by atoms with Crippen molar-refractivity contribution in [1.82, 2.24) is 15.0 Å². The molecule has 1 heterocycles. The number of nitrogens with zero attached hydrogens (tertiary/aromatic N) is 4. The average molecular weight is 551 g/mol. The molecule has 0 aliphatic heterocycles. The lowest BCUT2D eigenvalue weighted by Crippen LogP contribution is -2.00. The van der Waals surface area contributed by atoms with Gasteiger partial charge in [-0.3, -0.25) is 0 Å². The van der Waals surface area contributed by atoms with Gasteiger partial charge in [0.2, 0.25) is 0 Å². The molecule has 0 radical (unpaired) electrons. The van der Waals surface area contributed by atoms with E-state index < -0.39 is 0 Å². The van der Waals surface area contributed by atoms with Crippen LogP contribution in [0.2, 0.25) is 0 Å². The first kappa shape index (κ1) is 26.0. The zero-order chi connectivity index (χ0) is 29.0. The van der Waals surface area contributed by atoms with Crippen LogP contribution in [-0.4, -0.2) is 15.0 Å². The zero-order valence-corrected chi connectivity index (χ0v) is 23.4. The summed E-state index contributed by atoms with van der Waals surface area (Å²) in [5.74, 6) is 1.92. The van der Waals surface area contributed by atoms with E-state index in [0.717, 1.165) is 34.2 Å². The number of benzene rings is 5. The molecule has 0 saturated carbocycles. The normalized spacial score (nSPS) is 12.7. The van der Waals surface area contributed by atoms with Crippen molar-refractivity contribution in [3.63, 3.8) is 0 Å². The Kier molecular flexibility index (Phi) is 6.97. The predicted octanol–water partition coefficient (Wildman–Crippen LogP) is 9.49. The molecule has 1 aliphatic carbocycles. The summed E-state index contributed by atoms with van der Waals surface area (Å²) in [5, 5.41) is 11.7. The second-order valence-corrected chi connectivity index (χ2v) is 10.4. The van der Waals surface area contributed by atoms with Crippen molar-refractivity contribution in [2.45, 2.75) is 6.42 Å². The SMILES string of the molecule is N#CC1=CC=C(c2ccc(-c3cccc(-c4nc(-c5ccccc5)nc(-c5ccccc5)n4)c3)c3ccccc23)CC=C1. The van der Waals surface area contributed by atoms with Gasteiger partial charge < -0.3 is 0 Å². The van der Waals surface area contributed by atoms with Gasteiger partial charge in [0.1, 0.15) is 0 Å². The molecule has 6 aromatic rings.